The predicted octanol–water partition coefficient (Wildman–Crippen LogP) is 1.26. The van der Waals surface area contributed by atoms with E-state index in [0.717, 1.165) is 4.31 Å². The van der Waals surface area contributed by atoms with Crippen molar-refractivity contribution in [3.05, 3.63) is 28.2 Å². The summed E-state index contributed by atoms with van der Waals surface area (Å²) in [7, 11) is -3.92. The van der Waals surface area contributed by atoms with Crippen molar-refractivity contribution in [2.24, 2.45) is 5.73 Å². The molecule has 0 spiro atoms. The van der Waals surface area contributed by atoms with Gasteiger partial charge < -0.3 is 10.5 Å². The van der Waals surface area contributed by atoms with Crippen molar-refractivity contribution < 1.29 is 17.9 Å². The monoisotopic (exact) mass is 352 g/mol. The molecular weight excluding hydrogens is 339 g/mol. The summed E-state index contributed by atoms with van der Waals surface area (Å²) in [6, 6.07) is 2.91. The van der Waals surface area contributed by atoms with Gasteiger partial charge in [0, 0.05) is 6.54 Å². The lowest BCUT2D eigenvalue weighted by Gasteiger charge is -2.36. The molecule has 1 aromatic rings. The second-order valence-corrected chi connectivity index (χ2v) is 7.32. The van der Waals surface area contributed by atoms with Crippen LogP contribution in [0.25, 0.3) is 0 Å². The average Bonchev–Trinajstić information content (AvgIpc) is 2.41. The highest BCUT2D eigenvalue weighted by Gasteiger charge is 2.41. The summed E-state index contributed by atoms with van der Waals surface area (Å²) in [6.45, 7) is 1.83. The summed E-state index contributed by atoms with van der Waals surface area (Å²) in [5, 5.41) is 0.368. The van der Waals surface area contributed by atoms with Crippen molar-refractivity contribution >= 4 is 39.1 Å². The van der Waals surface area contributed by atoms with Crippen LogP contribution in [0, 0.1) is 0 Å². The number of rotatable bonds is 3. The van der Waals surface area contributed by atoms with Gasteiger partial charge in [-0.05, 0) is 25.1 Å². The second-order valence-electron chi connectivity index (χ2n) is 4.61. The number of hydrogen-bond acceptors (Lipinski definition) is 4. The van der Waals surface area contributed by atoms with Crippen LogP contribution in [-0.2, 0) is 19.6 Å². The highest BCUT2D eigenvalue weighted by atomic mass is 35.5. The Labute approximate surface area is 132 Å². The minimum atomic E-state index is -3.92. The van der Waals surface area contributed by atoms with Crippen LogP contribution in [0.5, 0.6) is 0 Å². The predicted molar refractivity (Wildman–Crippen MR) is 78.8 cm³/mol. The quantitative estimate of drug-likeness (QED) is 0.886. The molecule has 1 amide bonds. The lowest BCUT2D eigenvalue weighted by Crippen LogP contribution is -2.58. The third-order valence-electron chi connectivity index (χ3n) is 3.24. The topological polar surface area (TPSA) is 89.7 Å². The smallest absolute Gasteiger partial charge is 0.244 e. The molecule has 2 rings (SSSR count). The second kappa shape index (κ2) is 6.10. The number of carbonyl (C=O) groups is 1. The molecule has 1 heterocycles. The SMILES string of the molecule is C[C@H]1OCCN(S(=O)(=O)c2ccc(Cl)c(Cl)c2)[C@@H]1C(N)=O. The van der Waals surface area contributed by atoms with E-state index in [1.807, 2.05) is 0 Å². The zero-order chi connectivity index (χ0) is 15.8. The highest BCUT2D eigenvalue weighted by Crippen LogP contribution is 2.29. The number of morpholine rings is 1. The maximum Gasteiger partial charge on any atom is 0.244 e. The number of sulfonamides is 1. The van der Waals surface area contributed by atoms with Gasteiger partial charge in [0.05, 0.1) is 27.7 Å². The van der Waals surface area contributed by atoms with Crippen LogP contribution in [0.15, 0.2) is 23.1 Å². The lowest BCUT2D eigenvalue weighted by atomic mass is 10.1. The van der Waals surface area contributed by atoms with Crippen LogP contribution in [-0.4, -0.2) is 43.9 Å². The number of benzene rings is 1. The van der Waals surface area contributed by atoms with Crippen molar-refractivity contribution in [2.45, 2.75) is 24.0 Å². The van der Waals surface area contributed by atoms with Gasteiger partial charge in [-0.2, -0.15) is 4.31 Å². The minimum Gasteiger partial charge on any atom is -0.375 e. The molecule has 2 N–H and O–H groups in total. The standard InChI is InChI=1S/C12H14Cl2N2O4S/c1-7-11(12(15)17)16(4-5-20-7)21(18,19)8-2-3-9(13)10(14)6-8/h2-3,6-7,11H,4-5H2,1H3,(H2,15,17)/t7-,11+/m1/s1. The van der Waals surface area contributed by atoms with Crippen LogP contribution >= 0.6 is 23.2 Å². The zero-order valence-corrected chi connectivity index (χ0v) is 13.5. The maximum atomic E-state index is 12.7. The number of nitrogens with zero attached hydrogens (tertiary/aromatic N) is 1. The van der Waals surface area contributed by atoms with Crippen molar-refractivity contribution in [3.8, 4) is 0 Å². The van der Waals surface area contributed by atoms with E-state index in [4.69, 9.17) is 33.7 Å². The number of amides is 1. The van der Waals surface area contributed by atoms with Crippen LogP contribution in [0.1, 0.15) is 6.92 Å². The first-order valence-corrected chi connectivity index (χ1v) is 8.32. The van der Waals surface area contributed by atoms with Crippen molar-refractivity contribution in [1.82, 2.24) is 4.31 Å². The van der Waals surface area contributed by atoms with Gasteiger partial charge in [-0.15, -0.1) is 0 Å². The van der Waals surface area contributed by atoms with Gasteiger partial charge in [-0.25, -0.2) is 8.42 Å². The molecule has 21 heavy (non-hydrogen) atoms. The number of ether oxygens (including phenoxy) is 1. The van der Waals surface area contributed by atoms with Gasteiger partial charge >= 0.3 is 0 Å². The summed E-state index contributed by atoms with van der Waals surface area (Å²) in [6.07, 6.45) is -0.617. The Kier molecular flexibility index (Phi) is 4.79. The van der Waals surface area contributed by atoms with Gasteiger partial charge in [-0.1, -0.05) is 23.2 Å². The van der Waals surface area contributed by atoms with E-state index in [-0.39, 0.29) is 28.1 Å². The van der Waals surface area contributed by atoms with Gasteiger partial charge in [0.2, 0.25) is 15.9 Å². The number of primary amides is 1. The first-order chi connectivity index (χ1) is 9.75. The summed E-state index contributed by atoms with van der Waals surface area (Å²) in [5.41, 5.74) is 5.30. The molecular formula is C12H14Cl2N2O4S. The van der Waals surface area contributed by atoms with Gasteiger partial charge in [-0.3, -0.25) is 4.79 Å². The lowest BCUT2D eigenvalue weighted by molar-refractivity contribution is -0.130. The van der Waals surface area contributed by atoms with Crippen molar-refractivity contribution in [2.75, 3.05) is 13.2 Å². The number of nitrogens with two attached hydrogens (primary N) is 1. The summed E-state index contributed by atoms with van der Waals surface area (Å²) < 4.78 is 31.7. The van der Waals surface area contributed by atoms with E-state index in [9.17, 15) is 13.2 Å². The Bertz CT molecular complexity index is 665. The third-order valence-corrected chi connectivity index (χ3v) is 5.85. The molecule has 0 saturated carbocycles. The van der Waals surface area contributed by atoms with Crippen LogP contribution in [0.2, 0.25) is 10.0 Å². The Hall–Kier alpha value is -0.860. The molecule has 9 heteroatoms. The molecule has 1 aliphatic heterocycles. The zero-order valence-electron chi connectivity index (χ0n) is 11.1. The molecule has 1 fully saturated rings. The fourth-order valence-electron chi connectivity index (χ4n) is 2.21. The first kappa shape index (κ1) is 16.5. The van der Waals surface area contributed by atoms with E-state index in [1.165, 1.54) is 18.2 Å². The molecule has 0 aliphatic carbocycles. The fourth-order valence-corrected chi connectivity index (χ4v) is 4.24. The summed E-state index contributed by atoms with van der Waals surface area (Å²) in [4.78, 5) is 11.5. The van der Waals surface area contributed by atoms with Crippen molar-refractivity contribution in [3.63, 3.8) is 0 Å². The average molecular weight is 353 g/mol. The summed E-state index contributed by atoms with van der Waals surface area (Å²) in [5.74, 6) is -0.758. The Balaban J connectivity index is 2.45. The fraction of sp³-hybridized carbons (Fsp3) is 0.417. The van der Waals surface area contributed by atoms with E-state index < -0.39 is 28.1 Å². The molecule has 2 atom stereocenters. The molecule has 0 bridgehead atoms. The van der Waals surface area contributed by atoms with Gasteiger partial charge in [0.15, 0.2) is 0 Å². The number of hydrogen-bond donors (Lipinski definition) is 1. The van der Waals surface area contributed by atoms with E-state index in [1.54, 1.807) is 6.92 Å². The van der Waals surface area contributed by atoms with Gasteiger partial charge in [0.25, 0.3) is 0 Å². The molecule has 0 aromatic heterocycles. The van der Waals surface area contributed by atoms with Crippen LogP contribution in [0.3, 0.4) is 0 Å². The normalized spacial score (nSPS) is 24.0. The molecule has 116 valence electrons. The minimum absolute atomic E-state index is 0.0422. The number of carbonyl (C=O) groups excluding carboxylic acids is 1. The Morgan fingerprint density at radius 2 is 2.05 bits per heavy atom. The van der Waals surface area contributed by atoms with Crippen LogP contribution < -0.4 is 5.73 Å². The first-order valence-electron chi connectivity index (χ1n) is 6.13. The highest BCUT2D eigenvalue weighted by molar-refractivity contribution is 7.89. The Morgan fingerprint density at radius 1 is 1.38 bits per heavy atom. The molecule has 0 radical (unpaired) electrons. The summed E-state index contributed by atoms with van der Waals surface area (Å²) >= 11 is 11.6. The molecule has 6 nitrogen and oxygen atoms in total. The molecule has 1 aromatic carbocycles. The molecule has 0 unspecified atom stereocenters. The van der Waals surface area contributed by atoms with Crippen molar-refractivity contribution in [1.29, 1.82) is 0 Å². The van der Waals surface area contributed by atoms with E-state index >= 15 is 0 Å². The third kappa shape index (κ3) is 3.17. The largest absolute Gasteiger partial charge is 0.375 e. The van der Waals surface area contributed by atoms with Gasteiger partial charge in [0.1, 0.15) is 6.04 Å². The Morgan fingerprint density at radius 3 is 2.62 bits per heavy atom. The maximum absolute atomic E-state index is 12.7. The number of halogens is 2. The molecule has 1 saturated heterocycles. The van der Waals surface area contributed by atoms with Crippen LogP contribution in [0.4, 0.5) is 0 Å². The molecule has 1 aliphatic rings. The van der Waals surface area contributed by atoms with E-state index in [2.05, 4.69) is 0 Å². The van der Waals surface area contributed by atoms with E-state index in [0.29, 0.717) is 0 Å².